The smallest absolute Gasteiger partial charge is 0.356 e. The Bertz CT molecular complexity index is 419. The molecule has 1 aromatic heterocycles. The summed E-state index contributed by atoms with van der Waals surface area (Å²) in [6, 6.07) is 7.02. The van der Waals surface area contributed by atoms with E-state index in [1.807, 2.05) is 6.07 Å². The first-order valence-electron chi connectivity index (χ1n) is 4.37. The van der Waals surface area contributed by atoms with Gasteiger partial charge in [-0.25, -0.2) is 9.78 Å². The molecule has 0 N–H and O–H groups in total. The molecule has 1 aromatic rings. The van der Waals surface area contributed by atoms with Crippen LogP contribution in [-0.4, -0.2) is 18.1 Å². The maximum Gasteiger partial charge on any atom is 0.356 e. The van der Waals surface area contributed by atoms with Crippen molar-refractivity contribution in [3.8, 4) is 6.07 Å². The highest BCUT2D eigenvalue weighted by Gasteiger charge is 2.05. The van der Waals surface area contributed by atoms with E-state index < -0.39 is 5.97 Å². The average molecular weight is 202 g/mol. The molecule has 0 aromatic carbocycles. The normalized spacial score (nSPS) is 9.87. The topological polar surface area (TPSA) is 63.0 Å². The summed E-state index contributed by atoms with van der Waals surface area (Å²) < 4.78 is 4.54. The molecule has 4 heteroatoms. The predicted molar refractivity (Wildman–Crippen MR) is 54.8 cm³/mol. The van der Waals surface area contributed by atoms with E-state index in [-0.39, 0.29) is 5.69 Å². The molecular formula is C11H10N2O2. The molecule has 0 saturated heterocycles. The maximum absolute atomic E-state index is 11.1. The van der Waals surface area contributed by atoms with Crippen molar-refractivity contribution in [2.24, 2.45) is 0 Å². The molecular weight excluding hydrogens is 192 g/mol. The Morgan fingerprint density at radius 2 is 2.47 bits per heavy atom. The molecule has 0 unspecified atom stereocenters. The predicted octanol–water partition coefficient (Wildman–Crippen LogP) is 1.80. The monoisotopic (exact) mass is 202 g/mol. The standard InChI is InChI=1S/C11H10N2O2/c1-15-11(14)10-7-4-6-9(13-10)5-2-3-8-12/h2,4-7H,3H2,1H3. The van der Waals surface area contributed by atoms with E-state index in [0.29, 0.717) is 12.1 Å². The minimum atomic E-state index is -0.467. The fourth-order valence-electron chi connectivity index (χ4n) is 0.995. The number of rotatable bonds is 3. The molecule has 1 rings (SSSR count). The van der Waals surface area contributed by atoms with Crippen molar-refractivity contribution in [1.29, 1.82) is 5.26 Å². The molecule has 0 bridgehead atoms. The van der Waals surface area contributed by atoms with Crippen LogP contribution in [-0.2, 0) is 4.74 Å². The summed E-state index contributed by atoms with van der Waals surface area (Å²) in [6.45, 7) is 0. The summed E-state index contributed by atoms with van der Waals surface area (Å²) in [5, 5.41) is 8.33. The third-order valence-corrected chi connectivity index (χ3v) is 1.66. The van der Waals surface area contributed by atoms with E-state index in [1.165, 1.54) is 7.11 Å². The van der Waals surface area contributed by atoms with E-state index in [0.717, 1.165) is 0 Å². The first-order chi connectivity index (χ1) is 7.27. The first kappa shape index (κ1) is 10.9. The quantitative estimate of drug-likeness (QED) is 0.701. The van der Waals surface area contributed by atoms with Crippen LogP contribution in [0.15, 0.2) is 24.3 Å². The zero-order valence-corrected chi connectivity index (χ0v) is 8.30. The lowest BCUT2D eigenvalue weighted by atomic mass is 10.2. The second-order valence-electron chi connectivity index (χ2n) is 2.70. The number of pyridine rings is 1. The van der Waals surface area contributed by atoms with E-state index in [4.69, 9.17) is 5.26 Å². The zero-order valence-electron chi connectivity index (χ0n) is 8.30. The molecule has 0 amide bonds. The summed E-state index contributed by atoms with van der Waals surface area (Å²) in [5.74, 6) is -0.467. The number of esters is 1. The lowest BCUT2D eigenvalue weighted by Crippen LogP contribution is -2.04. The molecule has 4 nitrogen and oxygen atoms in total. The van der Waals surface area contributed by atoms with Crippen LogP contribution in [0.3, 0.4) is 0 Å². The Kier molecular flexibility index (Phi) is 4.05. The Morgan fingerprint density at radius 3 is 3.13 bits per heavy atom. The van der Waals surface area contributed by atoms with Gasteiger partial charge in [0, 0.05) is 0 Å². The van der Waals surface area contributed by atoms with E-state index in [9.17, 15) is 4.79 Å². The van der Waals surface area contributed by atoms with Crippen LogP contribution in [0, 0.1) is 11.3 Å². The Hall–Kier alpha value is -2.15. The second kappa shape index (κ2) is 5.55. The first-order valence-corrected chi connectivity index (χ1v) is 4.37. The van der Waals surface area contributed by atoms with Crippen molar-refractivity contribution >= 4 is 12.0 Å². The van der Waals surface area contributed by atoms with E-state index >= 15 is 0 Å². The van der Waals surface area contributed by atoms with Gasteiger partial charge >= 0.3 is 5.97 Å². The SMILES string of the molecule is COC(=O)c1cccc(C=CCC#N)n1. The van der Waals surface area contributed by atoms with Gasteiger partial charge in [-0.15, -0.1) is 0 Å². The van der Waals surface area contributed by atoms with Crippen molar-refractivity contribution in [1.82, 2.24) is 4.98 Å². The second-order valence-corrected chi connectivity index (χ2v) is 2.70. The number of nitriles is 1. The molecule has 76 valence electrons. The van der Waals surface area contributed by atoms with Crippen molar-refractivity contribution in [3.05, 3.63) is 35.7 Å². The lowest BCUT2D eigenvalue weighted by Gasteiger charge is -1.98. The molecule has 0 fully saturated rings. The van der Waals surface area contributed by atoms with E-state index in [1.54, 1.807) is 30.4 Å². The van der Waals surface area contributed by atoms with Gasteiger partial charge in [-0.05, 0) is 18.2 Å². The number of allylic oxidation sites excluding steroid dienone is 1. The van der Waals surface area contributed by atoms with Gasteiger partial charge in [0.05, 0.1) is 25.3 Å². The maximum atomic E-state index is 11.1. The molecule has 0 radical (unpaired) electrons. The molecule has 0 aliphatic rings. The van der Waals surface area contributed by atoms with Crippen LogP contribution in [0.4, 0.5) is 0 Å². The summed E-state index contributed by atoms with van der Waals surface area (Å²) in [7, 11) is 1.31. The van der Waals surface area contributed by atoms with Crippen LogP contribution in [0.25, 0.3) is 6.08 Å². The summed E-state index contributed by atoms with van der Waals surface area (Å²) in [4.78, 5) is 15.2. The number of hydrogen-bond acceptors (Lipinski definition) is 4. The number of ether oxygens (including phenoxy) is 1. The highest BCUT2D eigenvalue weighted by Crippen LogP contribution is 2.03. The van der Waals surface area contributed by atoms with Gasteiger partial charge in [-0.2, -0.15) is 5.26 Å². The number of methoxy groups -OCH3 is 1. The molecule has 0 spiro atoms. The van der Waals surface area contributed by atoms with Crippen molar-refractivity contribution < 1.29 is 9.53 Å². The van der Waals surface area contributed by atoms with Gasteiger partial charge in [0.1, 0.15) is 5.69 Å². The fourth-order valence-corrected chi connectivity index (χ4v) is 0.995. The molecule has 0 saturated carbocycles. The summed E-state index contributed by atoms with van der Waals surface area (Å²) in [6.07, 6.45) is 3.70. The fraction of sp³-hybridized carbons (Fsp3) is 0.182. The van der Waals surface area contributed by atoms with Gasteiger partial charge in [0.25, 0.3) is 0 Å². The van der Waals surface area contributed by atoms with Gasteiger partial charge in [-0.1, -0.05) is 12.1 Å². The van der Waals surface area contributed by atoms with Crippen LogP contribution < -0.4 is 0 Å². The van der Waals surface area contributed by atoms with Gasteiger partial charge in [0.2, 0.25) is 0 Å². The highest BCUT2D eigenvalue weighted by atomic mass is 16.5. The Morgan fingerprint density at radius 1 is 1.67 bits per heavy atom. The largest absolute Gasteiger partial charge is 0.464 e. The average Bonchev–Trinajstić information content (AvgIpc) is 2.29. The molecule has 1 heterocycles. The van der Waals surface area contributed by atoms with Gasteiger partial charge in [0.15, 0.2) is 0 Å². The van der Waals surface area contributed by atoms with Crippen LogP contribution in [0.2, 0.25) is 0 Å². The number of aromatic nitrogens is 1. The van der Waals surface area contributed by atoms with Gasteiger partial charge < -0.3 is 4.74 Å². The molecule has 0 atom stereocenters. The molecule has 0 aliphatic heterocycles. The third kappa shape index (κ3) is 3.24. The number of hydrogen-bond donors (Lipinski definition) is 0. The highest BCUT2D eigenvalue weighted by molar-refractivity contribution is 5.87. The number of carbonyl (C=O) groups is 1. The van der Waals surface area contributed by atoms with Crippen molar-refractivity contribution in [3.63, 3.8) is 0 Å². The lowest BCUT2D eigenvalue weighted by molar-refractivity contribution is 0.0594. The van der Waals surface area contributed by atoms with Crippen LogP contribution in [0.5, 0.6) is 0 Å². The Labute approximate surface area is 87.8 Å². The minimum Gasteiger partial charge on any atom is -0.464 e. The van der Waals surface area contributed by atoms with E-state index in [2.05, 4.69) is 9.72 Å². The van der Waals surface area contributed by atoms with Crippen LogP contribution >= 0.6 is 0 Å². The summed E-state index contributed by atoms with van der Waals surface area (Å²) in [5.41, 5.74) is 0.893. The zero-order chi connectivity index (χ0) is 11.1. The van der Waals surface area contributed by atoms with Crippen molar-refractivity contribution in [2.45, 2.75) is 6.42 Å². The van der Waals surface area contributed by atoms with Crippen molar-refractivity contribution in [2.75, 3.05) is 7.11 Å². The third-order valence-electron chi connectivity index (χ3n) is 1.66. The minimum absolute atomic E-state index is 0.261. The Balaban J connectivity index is 2.84. The number of nitrogens with zero attached hydrogens (tertiary/aromatic N) is 2. The molecule has 15 heavy (non-hydrogen) atoms. The molecule has 0 aliphatic carbocycles. The number of carbonyl (C=O) groups excluding carboxylic acids is 1. The summed E-state index contributed by atoms with van der Waals surface area (Å²) >= 11 is 0. The van der Waals surface area contributed by atoms with Gasteiger partial charge in [-0.3, -0.25) is 0 Å². The van der Waals surface area contributed by atoms with Crippen LogP contribution in [0.1, 0.15) is 22.6 Å².